The van der Waals surface area contributed by atoms with Gasteiger partial charge >= 0.3 is 0 Å². The van der Waals surface area contributed by atoms with E-state index in [0.29, 0.717) is 5.76 Å². The van der Waals surface area contributed by atoms with Gasteiger partial charge in [-0.15, -0.1) is 0 Å². The van der Waals surface area contributed by atoms with Crippen molar-refractivity contribution < 1.29 is 14.2 Å². The minimum absolute atomic E-state index is 0.0741. The molecule has 0 fully saturated rings. The summed E-state index contributed by atoms with van der Waals surface area (Å²) in [5.74, 6) is 0.542. The highest BCUT2D eigenvalue weighted by molar-refractivity contribution is 4.97. The second kappa shape index (κ2) is 4.15. The van der Waals surface area contributed by atoms with Gasteiger partial charge in [0.05, 0.1) is 0 Å². The van der Waals surface area contributed by atoms with Gasteiger partial charge < -0.3 is 14.2 Å². The number of hydrogen-bond donors (Lipinski definition) is 2. The largest absolute Gasteiger partial charge is 0.491 e. The minimum Gasteiger partial charge on any atom is -0.491 e. The van der Waals surface area contributed by atoms with Crippen molar-refractivity contribution in [3.05, 3.63) is 34.5 Å². The summed E-state index contributed by atoms with van der Waals surface area (Å²) >= 11 is 0. The first-order valence-electron chi connectivity index (χ1n) is 3.43. The van der Waals surface area contributed by atoms with Crippen molar-refractivity contribution in [1.29, 1.82) is 0 Å². The van der Waals surface area contributed by atoms with Gasteiger partial charge in [-0.1, -0.05) is 0 Å². The summed E-state index contributed by atoms with van der Waals surface area (Å²) in [4.78, 5) is 10.1. The summed E-state index contributed by atoms with van der Waals surface area (Å²) in [5.41, 5.74) is -0.183. The zero-order chi connectivity index (χ0) is 9.68. The van der Waals surface area contributed by atoms with Crippen molar-refractivity contribution in [2.75, 3.05) is 0 Å². The molecule has 0 aliphatic carbocycles. The zero-order valence-electron chi connectivity index (χ0n) is 6.85. The van der Waals surface area contributed by atoms with Gasteiger partial charge in [-0.2, -0.15) is 5.16 Å². The van der Waals surface area contributed by atoms with Gasteiger partial charge in [0.2, 0.25) is 0 Å². The van der Waals surface area contributed by atoms with Crippen LogP contribution in [0.5, 0.6) is 5.88 Å². The van der Waals surface area contributed by atoms with E-state index in [2.05, 4.69) is 19.4 Å². The van der Waals surface area contributed by atoms with E-state index in [1.165, 1.54) is 18.4 Å². The van der Waals surface area contributed by atoms with Crippen LogP contribution in [-0.4, -0.2) is 15.4 Å². The SMILES string of the molecule is Cc1cc(=O)[nH]o1.Oc1ccon1. The first kappa shape index (κ1) is 9.11. The van der Waals surface area contributed by atoms with Crippen LogP contribution in [0.15, 0.2) is 32.2 Å². The molecule has 0 saturated carbocycles. The molecule has 2 aromatic heterocycles. The van der Waals surface area contributed by atoms with Crippen LogP contribution in [0.3, 0.4) is 0 Å². The highest BCUT2D eigenvalue weighted by atomic mass is 16.5. The van der Waals surface area contributed by atoms with Crippen LogP contribution in [0.1, 0.15) is 5.76 Å². The minimum atomic E-state index is -0.183. The Labute approximate surface area is 72.7 Å². The number of aromatic amines is 1. The fraction of sp³-hybridized carbons (Fsp3) is 0.143. The standard InChI is InChI=1S/C4H5NO2.C3H3NO2/c1-3-2-4(6)5-7-3;5-3-1-2-6-4-3/h2H,1H3,(H,5,6);1-2H,(H,4,5). The first-order chi connectivity index (χ1) is 6.18. The molecule has 0 atom stereocenters. The van der Waals surface area contributed by atoms with E-state index >= 15 is 0 Å². The van der Waals surface area contributed by atoms with E-state index in [4.69, 9.17) is 5.11 Å². The van der Waals surface area contributed by atoms with E-state index < -0.39 is 0 Å². The molecule has 0 amide bonds. The van der Waals surface area contributed by atoms with Gasteiger partial charge in [-0.05, 0) is 12.1 Å². The number of nitrogens with one attached hydrogen (secondary N) is 1. The number of nitrogens with zero attached hydrogens (tertiary/aromatic N) is 1. The lowest BCUT2D eigenvalue weighted by molar-refractivity contribution is 0.359. The molecule has 0 aliphatic heterocycles. The molecule has 0 saturated heterocycles. The van der Waals surface area contributed by atoms with Crippen LogP contribution in [0.25, 0.3) is 0 Å². The Balaban J connectivity index is 0.000000132. The number of aromatic nitrogens is 2. The number of hydrogen-bond acceptors (Lipinski definition) is 5. The fourth-order valence-corrected chi connectivity index (χ4v) is 0.580. The van der Waals surface area contributed by atoms with Crippen LogP contribution >= 0.6 is 0 Å². The topological polar surface area (TPSA) is 92.3 Å². The second-order valence-corrected chi connectivity index (χ2v) is 2.18. The number of H-pyrrole nitrogens is 1. The Morgan fingerprint density at radius 1 is 1.62 bits per heavy atom. The highest BCUT2D eigenvalue weighted by Gasteiger charge is 1.85. The molecule has 0 radical (unpaired) electrons. The predicted molar refractivity (Wildman–Crippen MR) is 42.2 cm³/mol. The number of aryl methyl sites for hydroxylation is 1. The molecule has 0 aliphatic rings. The molecule has 6 heteroatoms. The maximum Gasteiger partial charge on any atom is 0.280 e. The third kappa shape index (κ3) is 3.28. The van der Waals surface area contributed by atoms with Gasteiger partial charge in [0.1, 0.15) is 12.0 Å². The molecule has 0 bridgehead atoms. The molecule has 2 aromatic rings. The van der Waals surface area contributed by atoms with E-state index in [-0.39, 0.29) is 11.4 Å². The Hall–Kier alpha value is -1.98. The van der Waals surface area contributed by atoms with Crippen LogP contribution in [-0.2, 0) is 0 Å². The lowest BCUT2D eigenvalue weighted by atomic mass is 10.5. The van der Waals surface area contributed by atoms with Gasteiger partial charge in [0.25, 0.3) is 11.4 Å². The molecule has 0 unspecified atom stereocenters. The smallest absolute Gasteiger partial charge is 0.280 e. The molecule has 2 N–H and O–H groups in total. The number of aromatic hydroxyl groups is 1. The fourth-order valence-electron chi connectivity index (χ4n) is 0.580. The summed E-state index contributed by atoms with van der Waals surface area (Å²) in [6, 6.07) is 2.75. The highest BCUT2D eigenvalue weighted by Crippen LogP contribution is 1.97. The quantitative estimate of drug-likeness (QED) is 0.627. The normalized spacial score (nSPS) is 9.00. The number of rotatable bonds is 0. The summed E-state index contributed by atoms with van der Waals surface area (Å²) in [6.45, 7) is 1.71. The average molecular weight is 184 g/mol. The van der Waals surface area contributed by atoms with Crippen molar-refractivity contribution in [3.8, 4) is 5.88 Å². The molecule has 0 spiro atoms. The summed E-state index contributed by atoms with van der Waals surface area (Å²) < 4.78 is 8.74. The van der Waals surface area contributed by atoms with E-state index in [1.807, 2.05) is 0 Å². The van der Waals surface area contributed by atoms with Gasteiger partial charge in [0.15, 0.2) is 0 Å². The van der Waals surface area contributed by atoms with Gasteiger partial charge in [0, 0.05) is 12.1 Å². The lowest BCUT2D eigenvalue weighted by Crippen LogP contribution is -1.92. The van der Waals surface area contributed by atoms with Gasteiger partial charge in [-0.25, -0.2) is 0 Å². The van der Waals surface area contributed by atoms with E-state index in [1.54, 1.807) is 6.92 Å². The molecular weight excluding hydrogens is 176 g/mol. The second-order valence-electron chi connectivity index (χ2n) is 2.18. The van der Waals surface area contributed by atoms with E-state index in [0.717, 1.165) is 0 Å². The zero-order valence-corrected chi connectivity index (χ0v) is 6.85. The average Bonchev–Trinajstić information content (AvgIpc) is 2.64. The molecular formula is C7H8N2O4. The molecule has 6 nitrogen and oxygen atoms in total. The monoisotopic (exact) mass is 184 g/mol. The van der Waals surface area contributed by atoms with Crippen LogP contribution < -0.4 is 5.56 Å². The molecule has 2 heterocycles. The Bertz CT molecular complexity index is 387. The Morgan fingerprint density at radius 3 is 2.54 bits per heavy atom. The first-order valence-corrected chi connectivity index (χ1v) is 3.43. The molecule has 0 aromatic carbocycles. The van der Waals surface area contributed by atoms with Crippen molar-refractivity contribution in [2.24, 2.45) is 0 Å². The molecule has 2 rings (SSSR count). The lowest BCUT2D eigenvalue weighted by Gasteiger charge is -1.66. The predicted octanol–water partition coefficient (Wildman–Crippen LogP) is 0.657. The van der Waals surface area contributed by atoms with Crippen molar-refractivity contribution in [3.63, 3.8) is 0 Å². The molecule has 13 heavy (non-hydrogen) atoms. The summed E-state index contributed by atoms with van der Waals surface area (Å²) in [6.07, 6.45) is 1.30. The third-order valence-electron chi connectivity index (χ3n) is 1.07. The maximum atomic E-state index is 10.1. The Morgan fingerprint density at radius 2 is 2.38 bits per heavy atom. The van der Waals surface area contributed by atoms with Crippen molar-refractivity contribution in [2.45, 2.75) is 6.92 Å². The van der Waals surface area contributed by atoms with E-state index in [9.17, 15) is 4.79 Å². The van der Waals surface area contributed by atoms with Crippen LogP contribution in [0, 0.1) is 6.92 Å². The summed E-state index contributed by atoms with van der Waals surface area (Å²) in [5, 5.41) is 13.5. The Kier molecular flexibility index (Phi) is 2.91. The summed E-state index contributed by atoms with van der Waals surface area (Å²) in [7, 11) is 0. The molecule has 70 valence electrons. The van der Waals surface area contributed by atoms with Crippen molar-refractivity contribution >= 4 is 0 Å². The van der Waals surface area contributed by atoms with Gasteiger partial charge in [-0.3, -0.25) is 4.79 Å². The maximum absolute atomic E-state index is 10.1. The van der Waals surface area contributed by atoms with Crippen LogP contribution in [0.4, 0.5) is 0 Å². The van der Waals surface area contributed by atoms with Crippen LogP contribution in [0.2, 0.25) is 0 Å². The van der Waals surface area contributed by atoms with Crippen molar-refractivity contribution in [1.82, 2.24) is 10.3 Å². The third-order valence-corrected chi connectivity index (χ3v) is 1.07.